The summed E-state index contributed by atoms with van der Waals surface area (Å²) in [5.74, 6) is -1.20. The van der Waals surface area contributed by atoms with Crippen molar-refractivity contribution in [1.82, 2.24) is 9.88 Å². The fourth-order valence-electron chi connectivity index (χ4n) is 2.81. The van der Waals surface area contributed by atoms with E-state index in [1.54, 1.807) is 19.9 Å². The fraction of sp³-hybridized carbons (Fsp3) is 0.316. The summed E-state index contributed by atoms with van der Waals surface area (Å²) < 4.78 is 5.67. The highest BCUT2D eigenvalue weighted by Gasteiger charge is 2.25. The molecule has 0 saturated carbocycles. The summed E-state index contributed by atoms with van der Waals surface area (Å²) in [6.07, 6.45) is 0. The Balaban J connectivity index is 2.11. The molecular weight excluding hydrogens is 414 g/mol. The number of esters is 1. The summed E-state index contributed by atoms with van der Waals surface area (Å²) in [4.78, 5) is 41.1. The van der Waals surface area contributed by atoms with E-state index < -0.39 is 5.97 Å². The number of likely N-dealkylation sites (N-methyl/N-ethyl adjacent to an activating group) is 1. The number of halogens is 1. The number of aromatic amines is 1. The molecule has 7 nitrogen and oxygen atoms in total. The van der Waals surface area contributed by atoms with Crippen LogP contribution in [0, 0.1) is 20.8 Å². The third kappa shape index (κ3) is 4.57. The maximum atomic E-state index is 12.7. The van der Waals surface area contributed by atoms with Crippen molar-refractivity contribution in [3.05, 3.63) is 50.8 Å². The molecule has 0 aliphatic heterocycles. The first kappa shape index (κ1) is 20.7. The molecule has 0 aliphatic carbocycles. The predicted molar refractivity (Wildman–Crippen MR) is 106 cm³/mol. The highest BCUT2D eigenvalue weighted by molar-refractivity contribution is 9.10. The summed E-state index contributed by atoms with van der Waals surface area (Å²) in [6.45, 7) is 5.12. The number of methoxy groups -OCH3 is 1. The zero-order valence-corrected chi connectivity index (χ0v) is 17.5. The van der Waals surface area contributed by atoms with E-state index in [4.69, 9.17) is 4.74 Å². The molecule has 2 N–H and O–H groups in total. The molecule has 1 heterocycles. The van der Waals surface area contributed by atoms with Crippen molar-refractivity contribution < 1.29 is 19.1 Å². The first-order valence-corrected chi connectivity index (χ1v) is 9.04. The normalized spacial score (nSPS) is 10.4. The number of hydrogen-bond acceptors (Lipinski definition) is 4. The lowest BCUT2D eigenvalue weighted by molar-refractivity contribution is -0.116. The van der Waals surface area contributed by atoms with Gasteiger partial charge in [-0.15, -0.1) is 0 Å². The van der Waals surface area contributed by atoms with E-state index in [0.29, 0.717) is 22.5 Å². The van der Waals surface area contributed by atoms with Crippen LogP contribution < -0.4 is 5.32 Å². The van der Waals surface area contributed by atoms with Gasteiger partial charge in [0.2, 0.25) is 5.91 Å². The number of carbonyl (C=O) groups excluding carboxylic acids is 3. The molecule has 0 saturated heterocycles. The molecule has 144 valence electrons. The van der Waals surface area contributed by atoms with Gasteiger partial charge in [-0.1, -0.05) is 15.9 Å². The van der Waals surface area contributed by atoms with Crippen molar-refractivity contribution in [3.63, 3.8) is 0 Å². The quantitative estimate of drug-likeness (QED) is 0.705. The standard InChI is InChI=1S/C19H22BrN3O4/c1-10-8-13(20)6-7-14(10)22-15(24)9-23(4)18(25)17-11(2)16(12(3)21-17)19(26)27-5/h6-8,21H,9H2,1-5H3,(H,22,24). The number of anilines is 1. The van der Waals surface area contributed by atoms with E-state index in [1.807, 2.05) is 19.1 Å². The monoisotopic (exact) mass is 435 g/mol. The first-order chi connectivity index (χ1) is 12.6. The number of rotatable bonds is 5. The van der Waals surface area contributed by atoms with Gasteiger partial charge in [0.05, 0.1) is 19.2 Å². The Morgan fingerprint density at radius 3 is 2.48 bits per heavy atom. The Hall–Kier alpha value is -2.61. The molecule has 0 spiro atoms. The summed E-state index contributed by atoms with van der Waals surface area (Å²) in [5, 5.41) is 2.80. The molecule has 0 aliphatic rings. The third-order valence-corrected chi connectivity index (χ3v) is 4.72. The van der Waals surface area contributed by atoms with Crippen LogP contribution >= 0.6 is 15.9 Å². The minimum Gasteiger partial charge on any atom is -0.465 e. The Labute approximate surface area is 166 Å². The molecule has 2 rings (SSSR count). The van der Waals surface area contributed by atoms with Gasteiger partial charge in [-0.05, 0) is 50.1 Å². The zero-order chi connectivity index (χ0) is 20.3. The second-order valence-corrected chi connectivity index (χ2v) is 7.20. The van der Waals surface area contributed by atoms with Crippen LogP contribution in [0.4, 0.5) is 5.69 Å². The summed E-state index contributed by atoms with van der Waals surface area (Å²) in [6, 6.07) is 5.51. The number of nitrogens with one attached hydrogen (secondary N) is 2. The zero-order valence-electron chi connectivity index (χ0n) is 15.9. The predicted octanol–water partition coefficient (Wildman–Crippen LogP) is 3.20. The largest absolute Gasteiger partial charge is 0.465 e. The molecule has 0 unspecified atom stereocenters. The number of benzene rings is 1. The van der Waals surface area contributed by atoms with E-state index in [1.165, 1.54) is 19.1 Å². The van der Waals surface area contributed by atoms with E-state index in [-0.39, 0.29) is 24.1 Å². The molecule has 0 fully saturated rings. The highest BCUT2D eigenvalue weighted by atomic mass is 79.9. The Morgan fingerprint density at radius 1 is 1.22 bits per heavy atom. The van der Waals surface area contributed by atoms with Gasteiger partial charge in [-0.3, -0.25) is 9.59 Å². The van der Waals surface area contributed by atoms with Crippen LogP contribution in [-0.2, 0) is 9.53 Å². The molecule has 27 heavy (non-hydrogen) atoms. The van der Waals surface area contributed by atoms with E-state index in [9.17, 15) is 14.4 Å². The second kappa shape index (κ2) is 8.39. The van der Waals surface area contributed by atoms with Gasteiger partial charge in [0, 0.05) is 22.9 Å². The number of aromatic nitrogens is 1. The van der Waals surface area contributed by atoms with Crippen LogP contribution in [0.2, 0.25) is 0 Å². The number of ether oxygens (including phenoxy) is 1. The summed E-state index contributed by atoms with van der Waals surface area (Å²) >= 11 is 3.38. The van der Waals surface area contributed by atoms with Crippen molar-refractivity contribution in [3.8, 4) is 0 Å². The maximum Gasteiger partial charge on any atom is 0.339 e. The Bertz CT molecular complexity index is 905. The van der Waals surface area contributed by atoms with Gasteiger partial charge in [0.25, 0.3) is 5.91 Å². The van der Waals surface area contributed by atoms with Crippen molar-refractivity contribution >= 4 is 39.4 Å². The van der Waals surface area contributed by atoms with Crippen molar-refractivity contribution in [1.29, 1.82) is 0 Å². The molecule has 0 atom stereocenters. The topological polar surface area (TPSA) is 91.5 Å². The molecule has 8 heteroatoms. The number of hydrogen-bond donors (Lipinski definition) is 2. The van der Waals surface area contributed by atoms with Crippen LogP contribution in [0.3, 0.4) is 0 Å². The van der Waals surface area contributed by atoms with Crippen LogP contribution in [0.15, 0.2) is 22.7 Å². The molecule has 1 aromatic heterocycles. The lowest BCUT2D eigenvalue weighted by Crippen LogP contribution is -2.35. The smallest absolute Gasteiger partial charge is 0.339 e. The van der Waals surface area contributed by atoms with Crippen LogP contribution in [0.5, 0.6) is 0 Å². The lowest BCUT2D eigenvalue weighted by atomic mass is 10.1. The highest BCUT2D eigenvalue weighted by Crippen LogP contribution is 2.21. The van der Waals surface area contributed by atoms with Gasteiger partial charge in [-0.25, -0.2) is 4.79 Å². The fourth-order valence-corrected chi connectivity index (χ4v) is 3.28. The molecular formula is C19H22BrN3O4. The van der Waals surface area contributed by atoms with Crippen LogP contribution in [-0.4, -0.2) is 48.4 Å². The van der Waals surface area contributed by atoms with E-state index >= 15 is 0 Å². The van der Waals surface area contributed by atoms with Crippen molar-refractivity contribution in [2.75, 3.05) is 26.0 Å². The number of aryl methyl sites for hydroxylation is 2. The minimum absolute atomic E-state index is 0.126. The summed E-state index contributed by atoms with van der Waals surface area (Å²) in [7, 11) is 2.82. The molecule has 2 amide bonds. The number of amides is 2. The van der Waals surface area contributed by atoms with E-state index in [0.717, 1.165) is 10.0 Å². The lowest BCUT2D eigenvalue weighted by Gasteiger charge is -2.17. The minimum atomic E-state index is -0.508. The van der Waals surface area contributed by atoms with Crippen LogP contribution in [0.25, 0.3) is 0 Å². The van der Waals surface area contributed by atoms with Gasteiger partial charge >= 0.3 is 5.97 Å². The summed E-state index contributed by atoms with van der Waals surface area (Å²) in [5.41, 5.74) is 3.24. The SMILES string of the molecule is COC(=O)c1c(C)[nH]c(C(=O)N(C)CC(=O)Nc2ccc(Br)cc2C)c1C. The molecule has 0 bridgehead atoms. The van der Waals surface area contributed by atoms with Gasteiger partial charge in [0.15, 0.2) is 0 Å². The van der Waals surface area contributed by atoms with Gasteiger partial charge in [0.1, 0.15) is 5.69 Å². The number of H-pyrrole nitrogens is 1. The maximum absolute atomic E-state index is 12.7. The first-order valence-electron chi connectivity index (χ1n) is 8.24. The average molecular weight is 436 g/mol. The Morgan fingerprint density at radius 2 is 1.89 bits per heavy atom. The molecule has 0 radical (unpaired) electrons. The molecule has 2 aromatic rings. The average Bonchev–Trinajstić information content (AvgIpc) is 2.90. The number of nitrogens with zero attached hydrogens (tertiary/aromatic N) is 1. The van der Waals surface area contributed by atoms with Gasteiger partial charge in [-0.2, -0.15) is 0 Å². The Kier molecular flexibility index (Phi) is 6.43. The molecule has 1 aromatic carbocycles. The van der Waals surface area contributed by atoms with Crippen LogP contribution in [0.1, 0.15) is 37.7 Å². The third-order valence-electron chi connectivity index (χ3n) is 4.23. The van der Waals surface area contributed by atoms with Crippen molar-refractivity contribution in [2.45, 2.75) is 20.8 Å². The second-order valence-electron chi connectivity index (χ2n) is 6.29. The number of carbonyl (C=O) groups is 3. The van der Waals surface area contributed by atoms with E-state index in [2.05, 4.69) is 26.2 Å². The van der Waals surface area contributed by atoms with Gasteiger partial charge < -0.3 is 19.9 Å². The van der Waals surface area contributed by atoms with Crippen molar-refractivity contribution in [2.24, 2.45) is 0 Å².